The van der Waals surface area contributed by atoms with E-state index in [1.807, 2.05) is 32.0 Å². The second kappa shape index (κ2) is 4.49. The van der Waals surface area contributed by atoms with Gasteiger partial charge in [0.2, 0.25) is 5.88 Å². The fraction of sp³-hybridized carbons (Fsp3) is 0.308. The second-order valence-corrected chi connectivity index (χ2v) is 4.41. The monoisotopic (exact) mass is 230 g/mol. The van der Waals surface area contributed by atoms with Gasteiger partial charge in [-0.3, -0.25) is 4.79 Å². The molecule has 17 heavy (non-hydrogen) atoms. The normalized spacial score (nSPS) is 16.7. The largest absolute Gasteiger partial charge is 0.468 e. The van der Waals surface area contributed by atoms with Crippen LogP contribution in [-0.2, 0) is 4.74 Å². The van der Waals surface area contributed by atoms with E-state index in [1.165, 1.54) is 0 Å². The van der Waals surface area contributed by atoms with Crippen molar-refractivity contribution in [3.05, 3.63) is 47.9 Å². The molecule has 88 valence electrons. The molecule has 0 bridgehead atoms. The Morgan fingerprint density at radius 3 is 2.59 bits per heavy atom. The van der Waals surface area contributed by atoms with Gasteiger partial charge in [0.05, 0.1) is 5.54 Å². The summed E-state index contributed by atoms with van der Waals surface area (Å²) in [5.41, 5.74) is 0.313. The first-order chi connectivity index (χ1) is 8.07. The topological polar surface area (TPSA) is 51.0 Å². The van der Waals surface area contributed by atoms with Crippen LogP contribution in [0.4, 0.5) is 0 Å². The number of benzene rings is 1. The number of ether oxygens (including phenoxy) is 1. The molecule has 0 aromatic heterocycles. The maximum Gasteiger partial charge on any atom is 0.231 e. The molecule has 1 aliphatic rings. The number of hydrogen-bond donors (Lipinski definition) is 0. The number of hydrogen-bond acceptors (Lipinski definition) is 4. The first-order valence-electron chi connectivity index (χ1n) is 5.44. The van der Waals surface area contributed by atoms with E-state index in [4.69, 9.17) is 4.74 Å². The molecular formula is C13H14N2O2. The van der Waals surface area contributed by atoms with Gasteiger partial charge in [-0.1, -0.05) is 30.3 Å². The molecule has 0 amide bonds. The van der Waals surface area contributed by atoms with Crippen molar-refractivity contribution >= 4 is 5.78 Å². The van der Waals surface area contributed by atoms with Gasteiger partial charge in [-0.25, -0.2) is 0 Å². The van der Waals surface area contributed by atoms with Crippen molar-refractivity contribution in [2.24, 2.45) is 10.2 Å². The highest BCUT2D eigenvalue weighted by atomic mass is 16.5. The van der Waals surface area contributed by atoms with Crippen LogP contribution in [0.15, 0.2) is 52.5 Å². The summed E-state index contributed by atoms with van der Waals surface area (Å²) < 4.78 is 5.31. The molecule has 1 aliphatic heterocycles. The molecule has 0 N–H and O–H groups in total. The van der Waals surface area contributed by atoms with Gasteiger partial charge in [-0.2, -0.15) is 5.11 Å². The molecule has 2 rings (SSSR count). The van der Waals surface area contributed by atoms with Crippen molar-refractivity contribution < 1.29 is 9.53 Å². The minimum Gasteiger partial charge on any atom is -0.468 e. The zero-order valence-corrected chi connectivity index (χ0v) is 9.88. The van der Waals surface area contributed by atoms with Gasteiger partial charge in [-0.15, -0.1) is 5.11 Å². The van der Waals surface area contributed by atoms with Crippen molar-refractivity contribution in [1.29, 1.82) is 0 Å². The molecule has 4 nitrogen and oxygen atoms in total. The van der Waals surface area contributed by atoms with Crippen LogP contribution in [0, 0.1) is 0 Å². The number of nitrogens with zero attached hydrogens (tertiary/aromatic N) is 2. The Labute approximate surface area is 100 Å². The van der Waals surface area contributed by atoms with Crippen LogP contribution in [0.3, 0.4) is 0 Å². The van der Waals surface area contributed by atoms with Crippen LogP contribution < -0.4 is 0 Å². The van der Waals surface area contributed by atoms with E-state index < -0.39 is 0 Å². The standard InChI is InChI=1S/C13H14N2O2/c1-13(2)8-12(14-15-13)17-9-11(16)10-6-4-3-5-7-10/h3-8H,9H2,1-2H3. The fourth-order valence-corrected chi connectivity index (χ4v) is 1.46. The van der Waals surface area contributed by atoms with E-state index in [0.717, 1.165) is 0 Å². The minimum absolute atomic E-state index is 0.00898. The molecule has 1 aromatic rings. The molecule has 0 saturated carbocycles. The Morgan fingerprint density at radius 2 is 2.00 bits per heavy atom. The third kappa shape index (κ3) is 3.00. The average Bonchev–Trinajstić information content (AvgIpc) is 2.67. The summed E-state index contributed by atoms with van der Waals surface area (Å²) in [5, 5.41) is 7.86. The third-order valence-corrected chi connectivity index (χ3v) is 2.33. The van der Waals surface area contributed by atoms with Crippen LogP contribution >= 0.6 is 0 Å². The van der Waals surface area contributed by atoms with Crippen molar-refractivity contribution in [2.75, 3.05) is 6.61 Å². The van der Waals surface area contributed by atoms with Crippen molar-refractivity contribution in [3.8, 4) is 0 Å². The van der Waals surface area contributed by atoms with E-state index >= 15 is 0 Å². The molecular weight excluding hydrogens is 216 g/mol. The summed E-state index contributed by atoms with van der Waals surface area (Å²) in [6.07, 6.45) is 1.80. The first-order valence-corrected chi connectivity index (χ1v) is 5.44. The zero-order chi connectivity index (χ0) is 12.3. The smallest absolute Gasteiger partial charge is 0.231 e. The predicted octanol–water partition coefficient (Wildman–Crippen LogP) is 2.97. The van der Waals surface area contributed by atoms with Gasteiger partial charge in [0.15, 0.2) is 12.4 Å². The van der Waals surface area contributed by atoms with Crippen molar-refractivity contribution in [3.63, 3.8) is 0 Å². The second-order valence-electron chi connectivity index (χ2n) is 4.41. The maximum atomic E-state index is 11.7. The lowest BCUT2D eigenvalue weighted by Crippen LogP contribution is -2.10. The van der Waals surface area contributed by atoms with Gasteiger partial charge < -0.3 is 4.74 Å². The van der Waals surface area contributed by atoms with Crippen LogP contribution in [-0.4, -0.2) is 17.9 Å². The number of rotatable bonds is 4. The molecule has 0 radical (unpaired) electrons. The first kappa shape index (κ1) is 11.5. The van der Waals surface area contributed by atoms with Gasteiger partial charge in [0.1, 0.15) is 0 Å². The highest BCUT2D eigenvalue weighted by Gasteiger charge is 2.21. The Morgan fingerprint density at radius 1 is 1.29 bits per heavy atom. The van der Waals surface area contributed by atoms with E-state index in [2.05, 4.69) is 10.2 Å². The molecule has 1 aromatic carbocycles. The Balaban J connectivity index is 1.92. The lowest BCUT2D eigenvalue weighted by Gasteiger charge is -2.05. The number of carbonyl (C=O) groups excluding carboxylic acids is 1. The highest BCUT2D eigenvalue weighted by Crippen LogP contribution is 2.23. The van der Waals surface area contributed by atoms with Crippen molar-refractivity contribution in [1.82, 2.24) is 0 Å². The number of ketones is 1. The average molecular weight is 230 g/mol. The predicted molar refractivity (Wildman–Crippen MR) is 63.7 cm³/mol. The Kier molecular flexibility index (Phi) is 3.04. The van der Waals surface area contributed by atoms with Crippen LogP contribution in [0.2, 0.25) is 0 Å². The summed E-state index contributed by atoms with van der Waals surface area (Å²) in [5.74, 6) is 0.352. The summed E-state index contributed by atoms with van der Waals surface area (Å²) in [4.78, 5) is 11.7. The lowest BCUT2D eigenvalue weighted by atomic mass is 10.1. The summed E-state index contributed by atoms with van der Waals surface area (Å²) >= 11 is 0. The van der Waals surface area contributed by atoms with Crippen LogP contribution in [0.25, 0.3) is 0 Å². The van der Waals surface area contributed by atoms with E-state index in [1.54, 1.807) is 18.2 Å². The molecule has 4 heteroatoms. The van der Waals surface area contributed by atoms with E-state index in [-0.39, 0.29) is 17.9 Å². The SMILES string of the molecule is CC1(C)C=C(OCC(=O)c2ccccc2)N=N1. The maximum absolute atomic E-state index is 11.7. The van der Waals surface area contributed by atoms with E-state index in [0.29, 0.717) is 11.4 Å². The molecule has 0 saturated heterocycles. The van der Waals surface area contributed by atoms with Gasteiger partial charge in [0, 0.05) is 11.6 Å². The summed E-state index contributed by atoms with van der Waals surface area (Å²) in [6.45, 7) is 3.84. The van der Waals surface area contributed by atoms with E-state index in [9.17, 15) is 4.79 Å². The Hall–Kier alpha value is -1.97. The third-order valence-electron chi connectivity index (χ3n) is 2.33. The van der Waals surface area contributed by atoms with Gasteiger partial charge in [-0.05, 0) is 13.8 Å². The van der Waals surface area contributed by atoms with Crippen molar-refractivity contribution in [2.45, 2.75) is 19.4 Å². The molecule has 0 aliphatic carbocycles. The zero-order valence-electron chi connectivity index (χ0n) is 9.88. The molecule has 0 atom stereocenters. The molecule has 0 unspecified atom stereocenters. The fourth-order valence-electron chi connectivity index (χ4n) is 1.46. The molecule has 0 spiro atoms. The highest BCUT2D eigenvalue weighted by molar-refractivity contribution is 5.97. The molecule has 0 fully saturated rings. The Bertz CT molecular complexity index is 475. The quantitative estimate of drug-likeness (QED) is 0.746. The number of carbonyl (C=O) groups is 1. The van der Waals surface area contributed by atoms with Crippen LogP contribution in [0.1, 0.15) is 24.2 Å². The number of Topliss-reactive ketones (excluding diaryl/α,β-unsaturated/α-hetero) is 1. The summed E-state index contributed by atoms with van der Waals surface area (Å²) in [6, 6.07) is 9.05. The minimum atomic E-state index is -0.328. The summed E-state index contributed by atoms with van der Waals surface area (Å²) in [7, 11) is 0. The number of azo groups is 1. The molecule has 1 heterocycles. The van der Waals surface area contributed by atoms with Gasteiger partial charge in [0.25, 0.3) is 0 Å². The lowest BCUT2D eigenvalue weighted by molar-refractivity contribution is 0.0860. The van der Waals surface area contributed by atoms with Gasteiger partial charge >= 0.3 is 0 Å². The van der Waals surface area contributed by atoms with Crippen LogP contribution in [0.5, 0.6) is 0 Å².